The number of rotatable bonds is 8. The second kappa shape index (κ2) is 8.25. The predicted octanol–water partition coefficient (Wildman–Crippen LogP) is 2.67. The summed E-state index contributed by atoms with van der Waals surface area (Å²) in [6.07, 6.45) is 2.45. The molecule has 118 valence electrons. The molecule has 0 amide bonds. The fraction of sp³-hybridized carbons (Fsp3) is 0.647. The summed E-state index contributed by atoms with van der Waals surface area (Å²) in [6.45, 7) is 8.88. The van der Waals surface area contributed by atoms with Gasteiger partial charge in [-0.3, -0.25) is 0 Å². The van der Waals surface area contributed by atoms with Gasteiger partial charge in [0.05, 0.1) is 0 Å². The van der Waals surface area contributed by atoms with E-state index >= 15 is 0 Å². The molecule has 4 heteroatoms. The Morgan fingerprint density at radius 1 is 1.14 bits per heavy atom. The second-order valence-electron chi connectivity index (χ2n) is 5.94. The highest BCUT2D eigenvalue weighted by molar-refractivity contribution is 5.43. The van der Waals surface area contributed by atoms with Crippen LogP contribution in [-0.2, 0) is 6.54 Å². The Morgan fingerprint density at radius 3 is 2.67 bits per heavy atom. The number of nitrogens with zero attached hydrogens (tertiary/aromatic N) is 1. The highest BCUT2D eigenvalue weighted by Gasteiger charge is 2.11. The highest BCUT2D eigenvalue weighted by atomic mass is 16.6. The maximum absolute atomic E-state index is 5.60. The topological polar surface area (TPSA) is 33.7 Å². The first-order chi connectivity index (χ1) is 10.2. The third-order valence-electron chi connectivity index (χ3n) is 3.93. The first-order valence-electron chi connectivity index (χ1n) is 7.96. The van der Waals surface area contributed by atoms with Crippen molar-refractivity contribution in [1.82, 2.24) is 10.2 Å². The molecule has 0 saturated heterocycles. The standard InChI is InChI=1S/C17H28N2O2/c1-14(2)19(3)9-5-4-8-18-13-15-6-7-16-17(12-15)21-11-10-20-16/h6-7,12,14,18H,4-5,8-11,13H2,1-3H3. The summed E-state index contributed by atoms with van der Waals surface area (Å²) in [5.41, 5.74) is 1.25. The fourth-order valence-corrected chi connectivity index (χ4v) is 2.30. The lowest BCUT2D eigenvalue weighted by Crippen LogP contribution is -2.27. The van der Waals surface area contributed by atoms with Crippen LogP contribution >= 0.6 is 0 Å². The minimum absolute atomic E-state index is 0.635. The van der Waals surface area contributed by atoms with Crippen molar-refractivity contribution >= 4 is 0 Å². The van der Waals surface area contributed by atoms with Gasteiger partial charge in [0, 0.05) is 12.6 Å². The third-order valence-corrected chi connectivity index (χ3v) is 3.93. The molecule has 1 aliphatic heterocycles. The van der Waals surface area contributed by atoms with E-state index in [0.717, 1.165) is 24.6 Å². The number of unbranched alkanes of at least 4 members (excludes halogenated alkanes) is 1. The quantitative estimate of drug-likeness (QED) is 0.747. The van der Waals surface area contributed by atoms with Crippen LogP contribution in [0.3, 0.4) is 0 Å². The summed E-state index contributed by atoms with van der Waals surface area (Å²) in [5, 5.41) is 3.50. The third kappa shape index (κ3) is 5.21. The lowest BCUT2D eigenvalue weighted by molar-refractivity contribution is 0.171. The maximum atomic E-state index is 5.60. The molecule has 1 aromatic carbocycles. The van der Waals surface area contributed by atoms with Crippen LogP contribution in [0, 0.1) is 0 Å². The van der Waals surface area contributed by atoms with E-state index in [1.807, 2.05) is 6.07 Å². The van der Waals surface area contributed by atoms with Gasteiger partial charge < -0.3 is 19.7 Å². The summed E-state index contributed by atoms with van der Waals surface area (Å²) < 4.78 is 11.1. The van der Waals surface area contributed by atoms with Crippen molar-refractivity contribution in [2.24, 2.45) is 0 Å². The molecular formula is C17H28N2O2. The SMILES string of the molecule is CC(C)N(C)CCCCNCc1ccc2c(c1)OCCO2. The van der Waals surface area contributed by atoms with Gasteiger partial charge in [-0.05, 0) is 64.5 Å². The molecule has 0 aromatic heterocycles. The van der Waals surface area contributed by atoms with Gasteiger partial charge in [0.2, 0.25) is 0 Å². The zero-order valence-corrected chi connectivity index (χ0v) is 13.5. The Hall–Kier alpha value is -1.26. The van der Waals surface area contributed by atoms with Gasteiger partial charge in [0.15, 0.2) is 11.5 Å². The van der Waals surface area contributed by atoms with Gasteiger partial charge in [-0.2, -0.15) is 0 Å². The first kappa shape index (κ1) is 16.1. The molecule has 1 N–H and O–H groups in total. The van der Waals surface area contributed by atoms with Crippen molar-refractivity contribution < 1.29 is 9.47 Å². The highest BCUT2D eigenvalue weighted by Crippen LogP contribution is 2.30. The van der Waals surface area contributed by atoms with Gasteiger partial charge in [-0.15, -0.1) is 0 Å². The molecule has 0 saturated carbocycles. The molecule has 0 aliphatic carbocycles. The van der Waals surface area contributed by atoms with Crippen molar-refractivity contribution in [3.05, 3.63) is 23.8 Å². The van der Waals surface area contributed by atoms with E-state index in [1.165, 1.54) is 24.9 Å². The lowest BCUT2D eigenvalue weighted by atomic mass is 10.2. The number of ether oxygens (including phenoxy) is 2. The smallest absolute Gasteiger partial charge is 0.161 e. The van der Waals surface area contributed by atoms with E-state index < -0.39 is 0 Å². The second-order valence-corrected chi connectivity index (χ2v) is 5.94. The molecule has 0 fully saturated rings. The molecule has 0 unspecified atom stereocenters. The number of hydrogen-bond acceptors (Lipinski definition) is 4. The van der Waals surface area contributed by atoms with Crippen LogP contribution in [-0.4, -0.2) is 44.3 Å². The van der Waals surface area contributed by atoms with Crippen LogP contribution in [0.4, 0.5) is 0 Å². The van der Waals surface area contributed by atoms with E-state index in [2.05, 4.69) is 43.2 Å². The lowest BCUT2D eigenvalue weighted by Gasteiger charge is -2.20. The monoisotopic (exact) mass is 292 g/mol. The van der Waals surface area contributed by atoms with Gasteiger partial charge in [-0.25, -0.2) is 0 Å². The summed E-state index contributed by atoms with van der Waals surface area (Å²) in [7, 11) is 2.19. The van der Waals surface area contributed by atoms with Crippen LogP contribution in [0.2, 0.25) is 0 Å². The zero-order chi connectivity index (χ0) is 15.1. The van der Waals surface area contributed by atoms with Gasteiger partial charge in [0.1, 0.15) is 13.2 Å². The molecule has 1 aliphatic rings. The average molecular weight is 292 g/mol. The van der Waals surface area contributed by atoms with Crippen molar-refractivity contribution in [3.63, 3.8) is 0 Å². The molecule has 1 heterocycles. The van der Waals surface area contributed by atoms with E-state index in [-0.39, 0.29) is 0 Å². The predicted molar refractivity (Wildman–Crippen MR) is 86.1 cm³/mol. The van der Waals surface area contributed by atoms with E-state index in [9.17, 15) is 0 Å². The van der Waals surface area contributed by atoms with Crippen LogP contribution in [0.15, 0.2) is 18.2 Å². The number of fused-ring (bicyclic) bond motifs is 1. The Labute approximate surface area is 128 Å². The van der Waals surface area contributed by atoms with Crippen LogP contribution < -0.4 is 14.8 Å². The van der Waals surface area contributed by atoms with Gasteiger partial charge in [0.25, 0.3) is 0 Å². The molecule has 4 nitrogen and oxygen atoms in total. The zero-order valence-electron chi connectivity index (χ0n) is 13.5. The van der Waals surface area contributed by atoms with E-state index in [4.69, 9.17) is 9.47 Å². The van der Waals surface area contributed by atoms with Crippen molar-refractivity contribution in [2.75, 3.05) is 33.4 Å². The van der Waals surface area contributed by atoms with Crippen LogP contribution in [0.25, 0.3) is 0 Å². The van der Waals surface area contributed by atoms with Crippen molar-refractivity contribution in [1.29, 1.82) is 0 Å². The minimum Gasteiger partial charge on any atom is -0.486 e. The van der Waals surface area contributed by atoms with Crippen LogP contribution in [0.5, 0.6) is 11.5 Å². The largest absolute Gasteiger partial charge is 0.486 e. The molecule has 0 spiro atoms. The van der Waals surface area contributed by atoms with Crippen LogP contribution in [0.1, 0.15) is 32.3 Å². The summed E-state index contributed by atoms with van der Waals surface area (Å²) >= 11 is 0. The molecule has 0 radical (unpaired) electrons. The maximum Gasteiger partial charge on any atom is 0.161 e. The molecule has 0 atom stereocenters. The normalized spacial score (nSPS) is 14.0. The Morgan fingerprint density at radius 2 is 1.90 bits per heavy atom. The number of nitrogens with one attached hydrogen (secondary N) is 1. The summed E-state index contributed by atoms with van der Waals surface area (Å²) in [6, 6.07) is 6.82. The average Bonchev–Trinajstić information content (AvgIpc) is 2.50. The Kier molecular flexibility index (Phi) is 6.33. The van der Waals surface area contributed by atoms with Gasteiger partial charge in [-0.1, -0.05) is 6.07 Å². The van der Waals surface area contributed by atoms with E-state index in [1.54, 1.807) is 0 Å². The molecular weight excluding hydrogens is 264 g/mol. The molecule has 0 bridgehead atoms. The minimum atomic E-state index is 0.635. The molecule has 1 aromatic rings. The number of hydrogen-bond donors (Lipinski definition) is 1. The Bertz CT molecular complexity index is 435. The van der Waals surface area contributed by atoms with Crippen molar-refractivity contribution in [3.8, 4) is 11.5 Å². The summed E-state index contributed by atoms with van der Waals surface area (Å²) in [4.78, 5) is 2.39. The molecule has 2 rings (SSSR count). The first-order valence-corrected chi connectivity index (χ1v) is 7.96. The van der Waals surface area contributed by atoms with Gasteiger partial charge >= 0.3 is 0 Å². The number of benzene rings is 1. The molecule has 21 heavy (non-hydrogen) atoms. The Balaban J connectivity index is 1.63. The summed E-state index contributed by atoms with van der Waals surface area (Å²) in [5.74, 6) is 1.74. The van der Waals surface area contributed by atoms with Crippen molar-refractivity contribution in [2.45, 2.75) is 39.3 Å². The van der Waals surface area contributed by atoms with E-state index in [0.29, 0.717) is 19.3 Å². The fourth-order valence-electron chi connectivity index (χ4n) is 2.30.